The SMILES string of the molecule is CC(=O)NCCNC(=O)C1CCC(N)CC1C. The van der Waals surface area contributed by atoms with Gasteiger partial charge >= 0.3 is 0 Å². The molecule has 0 radical (unpaired) electrons. The van der Waals surface area contributed by atoms with Gasteiger partial charge in [0.1, 0.15) is 0 Å². The van der Waals surface area contributed by atoms with Gasteiger partial charge in [-0.25, -0.2) is 0 Å². The lowest BCUT2D eigenvalue weighted by Gasteiger charge is -2.31. The second kappa shape index (κ2) is 6.59. The van der Waals surface area contributed by atoms with Gasteiger partial charge in [0.05, 0.1) is 0 Å². The van der Waals surface area contributed by atoms with E-state index in [1.165, 1.54) is 6.92 Å². The molecular formula is C12H23N3O2. The second-order valence-corrected chi connectivity index (χ2v) is 4.93. The molecule has 0 aromatic carbocycles. The minimum Gasteiger partial charge on any atom is -0.355 e. The highest BCUT2D eigenvalue weighted by Crippen LogP contribution is 2.28. The average molecular weight is 241 g/mol. The summed E-state index contributed by atoms with van der Waals surface area (Å²) < 4.78 is 0. The Morgan fingerprint density at radius 1 is 1.24 bits per heavy atom. The van der Waals surface area contributed by atoms with Crippen LogP contribution in [0.5, 0.6) is 0 Å². The van der Waals surface area contributed by atoms with Crippen LogP contribution in [-0.2, 0) is 9.59 Å². The van der Waals surface area contributed by atoms with Gasteiger partial charge in [-0.3, -0.25) is 9.59 Å². The number of carbonyl (C=O) groups excluding carboxylic acids is 2. The molecule has 17 heavy (non-hydrogen) atoms. The van der Waals surface area contributed by atoms with Crippen molar-refractivity contribution in [1.29, 1.82) is 0 Å². The minimum absolute atomic E-state index is 0.0729. The van der Waals surface area contributed by atoms with Gasteiger partial charge in [0.15, 0.2) is 0 Å². The number of carbonyl (C=O) groups is 2. The van der Waals surface area contributed by atoms with Crippen molar-refractivity contribution in [2.75, 3.05) is 13.1 Å². The first-order chi connectivity index (χ1) is 8.00. The molecule has 5 heteroatoms. The van der Waals surface area contributed by atoms with Crippen LogP contribution in [0.3, 0.4) is 0 Å². The van der Waals surface area contributed by atoms with Gasteiger partial charge in [-0.15, -0.1) is 0 Å². The van der Waals surface area contributed by atoms with E-state index in [4.69, 9.17) is 5.73 Å². The molecule has 1 aliphatic carbocycles. The van der Waals surface area contributed by atoms with E-state index < -0.39 is 0 Å². The van der Waals surface area contributed by atoms with Crippen LogP contribution in [0.2, 0.25) is 0 Å². The van der Waals surface area contributed by atoms with Crippen molar-refractivity contribution in [3.63, 3.8) is 0 Å². The molecule has 0 aromatic heterocycles. The van der Waals surface area contributed by atoms with Crippen molar-refractivity contribution < 1.29 is 9.59 Å². The molecule has 1 saturated carbocycles. The summed E-state index contributed by atoms with van der Waals surface area (Å²) in [5, 5.41) is 5.51. The van der Waals surface area contributed by atoms with E-state index in [2.05, 4.69) is 17.6 Å². The lowest BCUT2D eigenvalue weighted by molar-refractivity contribution is -0.127. The van der Waals surface area contributed by atoms with E-state index >= 15 is 0 Å². The monoisotopic (exact) mass is 241 g/mol. The molecule has 2 amide bonds. The molecule has 0 saturated heterocycles. The fourth-order valence-electron chi connectivity index (χ4n) is 2.38. The topological polar surface area (TPSA) is 84.2 Å². The molecule has 4 N–H and O–H groups in total. The van der Waals surface area contributed by atoms with Gasteiger partial charge in [0, 0.05) is 32.0 Å². The van der Waals surface area contributed by atoms with Crippen molar-refractivity contribution in [3.8, 4) is 0 Å². The van der Waals surface area contributed by atoms with Crippen molar-refractivity contribution in [2.24, 2.45) is 17.6 Å². The van der Waals surface area contributed by atoms with Crippen LogP contribution >= 0.6 is 0 Å². The minimum atomic E-state index is -0.0729. The summed E-state index contributed by atoms with van der Waals surface area (Å²) in [7, 11) is 0. The van der Waals surface area contributed by atoms with Crippen LogP contribution in [0, 0.1) is 11.8 Å². The first kappa shape index (κ1) is 14.0. The third-order valence-electron chi connectivity index (χ3n) is 3.34. The number of hydrogen-bond donors (Lipinski definition) is 3. The summed E-state index contributed by atoms with van der Waals surface area (Å²) in [6.07, 6.45) is 2.71. The molecule has 5 nitrogen and oxygen atoms in total. The highest BCUT2D eigenvalue weighted by Gasteiger charge is 2.30. The average Bonchev–Trinajstić information content (AvgIpc) is 2.23. The molecule has 0 bridgehead atoms. The third-order valence-corrected chi connectivity index (χ3v) is 3.34. The predicted molar refractivity (Wildman–Crippen MR) is 66.2 cm³/mol. The van der Waals surface area contributed by atoms with Gasteiger partial charge in [-0.2, -0.15) is 0 Å². The quantitative estimate of drug-likeness (QED) is 0.606. The molecule has 1 aliphatic rings. The molecular weight excluding hydrogens is 218 g/mol. The molecule has 0 heterocycles. The summed E-state index contributed by atoms with van der Waals surface area (Å²) in [6.45, 7) is 4.53. The number of hydrogen-bond acceptors (Lipinski definition) is 3. The zero-order chi connectivity index (χ0) is 12.8. The molecule has 0 aromatic rings. The van der Waals surface area contributed by atoms with E-state index in [0.29, 0.717) is 19.0 Å². The number of rotatable bonds is 4. The van der Waals surface area contributed by atoms with Crippen molar-refractivity contribution in [2.45, 2.75) is 39.2 Å². The summed E-state index contributed by atoms with van der Waals surface area (Å²) in [4.78, 5) is 22.5. The number of amides is 2. The second-order valence-electron chi connectivity index (χ2n) is 4.93. The lowest BCUT2D eigenvalue weighted by atomic mass is 9.78. The van der Waals surface area contributed by atoms with Crippen LogP contribution in [0.15, 0.2) is 0 Å². The standard InChI is InChI=1S/C12H23N3O2/c1-8-7-10(13)3-4-11(8)12(17)15-6-5-14-9(2)16/h8,10-11H,3-7,13H2,1-2H3,(H,14,16)(H,15,17). The van der Waals surface area contributed by atoms with Gasteiger partial charge in [-0.05, 0) is 25.2 Å². The van der Waals surface area contributed by atoms with Gasteiger partial charge in [0.2, 0.25) is 11.8 Å². The van der Waals surface area contributed by atoms with E-state index in [0.717, 1.165) is 19.3 Å². The summed E-state index contributed by atoms with van der Waals surface area (Å²) in [5.74, 6) is 0.442. The Balaban J connectivity index is 2.25. The maximum atomic E-state index is 11.9. The van der Waals surface area contributed by atoms with Crippen LogP contribution < -0.4 is 16.4 Å². The molecule has 1 fully saturated rings. The van der Waals surface area contributed by atoms with E-state index in [9.17, 15) is 9.59 Å². The normalized spacial score (nSPS) is 28.5. The highest BCUT2D eigenvalue weighted by molar-refractivity contribution is 5.79. The fourth-order valence-corrected chi connectivity index (χ4v) is 2.38. The Hall–Kier alpha value is -1.10. The largest absolute Gasteiger partial charge is 0.355 e. The Kier molecular flexibility index (Phi) is 5.41. The van der Waals surface area contributed by atoms with Crippen LogP contribution in [0.25, 0.3) is 0 Å². The molecule has 0 spiro atoms. The highest BCUT2D eigenvalue weighted by atomic mass is 16.2. The van der Waals surface area contributed by atoms with Gasteiger partial charge in [0.25, 0.3) is 0 Å². The third kappa shape index (κ3) is 4.73. The molecule has 3 atom stereocenters. The van der Waals surface area contributed by atoms with Crippen molar-refractivity contribution in [3.05, 3.63) is 0 Å². The number of nitrogens with one attached hydrogen (secondary N) is 2. The van der Waals surface area contributed by atoms with Gasteiger partial charge < -0.3 is 16.4 Å². The van der Waals surface area contributed by atoms with Crippen LogP contribution in [-0.4, -0.2) is 30.9 Å². The molecule has 98 valence electrons. The molecule has 1 rings (SSSR count). The van der Waals surface area contributed by atoms with Crippen molar-refractivity contribution in [1.82, 2.24) is 10.6 Å². The predicted octanol–water partition coefficient (Wildman–Crippen LogP) is 0.00220. The molecule has 3 unspecified atom stereocenters. The first-order valence-corrected chi connectivity index (χ1v) is 6.28. The Morgan fingerprint density at radius 3 is 2.47 bits per heavy atom. The maximum Gasteiger partial charge on any atom is 0.223 e. The van der Waals surface area contributed by atoms with Crippen LogP contribution in [0.4, 0.5) is 0 Å². The van der Waals surface area contributed by atoms with Crippen LogP contribution in [0.1, 0.15) is 33.1 Å². The first-order valence-electron chi connectivity index (χ1n) is 6.28. The summed E-state index contributed by atoms with van der Waals surface area (Å²) in [6, 6.07) is 0.244. The van der Waals surface area contributed by atoms with E-state index in [-0.39, 0.29) is 23.8 Å². The maximum absolute atomic E-state index is 11.9. The van der Waals surface area contributed by atoms with E-state index in [1.807, 2.05) is 0 Å². The fraction of sp³-hybridized carbons (Fsp3) is 0.833. The zero-order valence-corrected chi connectivity index (χ0v) is 10.7. The Labute approximate surface area is 103 Å². The number of nitrogens with two attached hydrogens (primary N) is 1. The van der Waals surface area contributed by atoms with Crippen molar-refractivity contribution >= 4 is 11.8 Å². The zero-order valence-electron chi connectivity index (χ0n) is 10.7. The van der Waals surface area contributed by atoms with E-state index in [1.54, 1.807) is 0 Å². The smallest absolute Gasteiger partial charge is 0.223 e. The summed E-state index contributed by atoms with van der Waals surface area (Å²) >= 11 is 0. The summed E-state index contributed by atoms with van der Waals surface area (Å²) in [5.41, 5.74) is 5.86. The lowest BCUT2D eigenvalue weighted by Crippen LogP contribution is -2.42. The Bertz CT molecular complexity index is 281. The molecule has 0 aliphatic heterocycles. The Morgan fingerprint density at radius 2 is 1.88 bits per heavy atom. The van der Waals surface area contributed by atoms with Gasteiger partial charge in [-0.1, -0.05) is 6.92 Å².